The van der Waals surface area contributed by atoms with Gasteiger partial charge in [0.05, 0.1) is 17.1 Å². The van der Waals surface area contributed by atoms with Gasteiger partial charge in [-0.3, -0.25) is 9.88 Å². The Hall–Kier alpha value is -3.85. The van der Waals surface area contributed by atoms with Crippen LogP contribution in [0.4, 0.5) is 16.3 Å². The molecule has 9 nitrogen and oxygen atoms in total. The van der Waals surface area contributed by atoms with E-state index in [1.807, 2.05) is 67.8 Å². The van der Waals surface area contributed by atoms with Gasteiger partial charge in [-0.15, -0.1) is 0 Å². The van der Waals surface area contributed by atoms with Gasteiger partial charge < -0.3 is 19.3 Å². The largest absolute Gasteiger partial charge is 0.491 e. The van der Waals surface area contributed by atoms with Crippen LogP contribution in [0.2, 0.25) is 0 Å². The van der Waals surface area contributed by atoms with E-state index in [2.05, 4.69) is 20.8 Å². The molecule has 4 aromatic rings. The zero-order valence-electron chi connectivity index (χ0n) is 20.1. The van der Waals surface area contributed by atoms with Crippen LogP contribution in [0.1, 0.15) is 39.4 Å². The lowest BCUT2D eigenvalue weighted by molar-refractivity contribution is 0.0680. The van der Waals surface area contributed by atoms with Gasteiger partial charge in [-0.1, -0.05) is 25.9 Å². The molecular weight excluding hydrogens is 446 g/mol. The Labute approximate surface area is 203 Å². The first-order chi connectivity index (χ1) is 16.8. The molecule has 1 unspecified atom stereocenters. The zero-order valence-corrected chi connectivity index (χ0v) is 20.1. The Morgan fingerprint density at radius 3 is 2.69 bits per heavy atom. The molecule has 1 saturated heterocycles. The fraction of sp³-hybridized carbons (Fsp3) is 0.346. The van der Waals surface area contributed by atoms with E-state index in [9.17, 15) is 4.79 Å². The molecule has 0 saturated carbocycles. The summed E-state index contributed by atoms with van der Waals surface area (Å²) in [6.45, 7) is 7.42. The van der Waals surface area contributed by atoms with E-state index < -0.39 is 6.03 Å². The highest BCUT2D eigenvalue weighted by atomic mass is 16.5. The number of carbonyl (C=O) groups is 1. The summed E-state index contributed by atoms with van der Waals surface area (Å²) in [5.41, 5.74) is 3.21. The lowest BCUT2D eigenvalue weighted by atomic mass is 9.93. The molecule has 9 heteroatoms. The second-order valence-corrected chi connectivity index (χ2v) is 9.66. The van der Waals surface area contributed by atoms with Crippen molar-refractivity contribution >= 4 is 28.6 Å². The zero-order chi connectivity index (χ0) is 24.4. The standard InChI is InChI=1S/C26H29N5O4/c1-26(2,3)23-14-24(30-35-23)29-25(32)28-17-6-8-18(9-7-17)31-16-27-21-13-19(10-11-22(21)31)34-15-20-5-4-12-33-20/h6-11,13-14,16,20H,4-5,12,15H2,1-3H3,(H2,28,29,30,32). The number of fused-ring (bicyclic) bond motifs is 1. The molecule has 2 N–H and O–H groups in total. The summed E-state index contributed by atoms with van der Waals surface area (Å²) in [4.78, 5) is 16.9. The number of amides is 2. The van der Waals surface area contributed by atoms with E-state index in [0.29, 0.717) is 23.9 Å². The summed E-state index contributed by atoms with van der Waals surface area (Å²) >= 11 is 0. The van der Waals surface area contributed by atoms with E-state index in [4.69, 9.17) is 14.0 Å². The molecule has 0 bridgehead atoms. The second-order valence-electron chi connectivity index (χ2n) is 9.66. The molecule has 1 aliphatic heterocycles. The van der Waals surface area contributed by atoms with Crippen LogP contribution in [0.5, 0.6) is 5.75 Å². The van der Waals surface area contributed by atoms with Crippen LogP contribution in [0, 0.1) is 0 Å². The number of nitrogens with zero attached hydrogens (tertiary/aromatic N) is 3. The van der Waals surface area contributed by atoms with Gasteiger partial charge in [0.1, 0.15) is 24.4 Å². The van der Waals surface area contributed by atoms with Gasteiger partial charge in [-0.05, 0) is 49.2 Å². The minimum absolute atomic E-state index is 0.175. The van der Waals surface area contributed by atoms with Crippen LogP contribution in [-0.4, -0.2) is 40.1 Å². The van der Waals surface area contributed by atoms with Crippen LogP contribution in [0.3, 0.4) is 0 Å². The summed E-state index contributed by atoms with van der Waals surface area (Å²) in [5, 5.41) is 9.41. The van der Waals surface area contributed by atoms with Crippen molar-refractivity contribution in [1.82, 2.24) is 14.7 Å². The summed E-state index contributed by atoms with van der Waals surface area (Å²) in [6.07, 6.45) is 4.09. The lowest BCUT2D eigenvalue weighted by Gasteiger charge is -2.12. The number of ether oxygens (including phenoxy) is 2. The van der Waals surface area contributed by atoms with Crippen LogP contribution >= 0.6 is 0 Å². The fourth-order valence-electron chi connectivity index (χ4n) is 3.92. The number of nitrogens with one attached hydrogen (secondary N) is 2. The molecule has 2 amide bonds. The molecule has 0 aliphatic carbocycles. The predicted molar refractivity (Wildman–Crippen MR) is 133 cm³/mol. The van der Waals surface area contributed by atoms with Gasteiger partial charge >= 0.3 is 6.03 Å². The molecular formula is C26H29N5O4. The predicted octanol–water partition coefficient (Wildman–Crippen LogP) is 5.51. The number of urea groups is 1. The molecule has 2 aromatic heterocycles. The first kappa shape index (κ1) is 22.9. The quantitative estimate of drug-likeness (QED) is 0.381. The maximum atomic E-state index is 12.4. The van der Waals surface area contributed by atoms with Crippen LogP contribution in [-0.2, 0) is 10.2 Å². The molecule has 3 heterocycles. The van der Waals surface area contributed by atoms with E-state index in [0.717, 1.165) is 41.9 Å². The normalized spacial score (nSPS) is 15.9. The Morgan fingerprint density at radius 1 is 1.14 bits per heavy atom. The van der Waals surface area contributed by atoms with Gasteiger partial charge in [0.15, 0.2) is 5.82 Å². The smallest absolute Gasteiger partial charge is 0.324 e. The lowest BCUT2D eigenvalue weighted by Crippen LogP contribution is -2.19. The second kappa shape index (κ2) is 9.42. The SMILES string of the molecule is CC(C)(C)c1cc(NC(=O)Nc2ccc(-n3cnc4cc(OCC5CCCO5)ccc43)cc2)no1. The number of rotatable bonds is 6. The van der Waals surface area contributed by atoms with Crippen molar-refractivity contribution in [1.29, 1.82) is 0 Å². The van der Waals surface area contributed by atoms with Crippen molar-refractivity contribution in [3.63, 3.8) is 0 Å². The molecule has 2 aromatic carbocycles. The number of hydrogen-bond donors (Lipinski definition) is 2. The molecule has 5 rings (SSSR count). The molecule has 1 fully saturated rings. The first-order valence-corrected chi connectivity index (χ1v) is 11.7. The van der Waals surface area contributed by atoms with Gasteiger partial charge in [0.25, 0.3) is 0 Å². The average molecular weight is 476 g/mol. The van der Waals surface area contributed by atoms with Crippen molar-refractivity contribution in [3.05, 3.63) is 60.6 Å². The van der Waals surface area contributed by atoms with E-state index >= 15 is 0 Å². The Morgan fingerprint density at radius 2 is 1.97 bits per heavy atom. The summed E-state index contributed by atoms with van der Waals surface area (Å²) in [6, 6.07) is 14.7. The molecule has 1 aliphatic rings. The number of aromatic nitrogens is 3. The Bertz CT molecular complexity index is 1310. The van der Waals surface area contributed by atoms with Crippen molar-refractivity contribution in [2.24, 2.45) is 0 Å². The van der Waals surface area contributed by atoms with Gasteiger partial charge in [0.2, 0.25) is 0 Å². The van der Waals surface area contributed by atoms with Crippen molar-refractivity contribution in [3.8, 4) is 11.4 Å². The van der Waals surface area contributed by atoms with E-state index in [1.165, 1.54) is 0 Å². The van der Waals surface area contributed by atoms with E-state index in [-0.39, 0.29) is 11.5 Å². The topological polar surface area (TPSA) is 103 Å². The van der Waals surface area contributed by atoms with Crippen molar-refractivity contribution in [2.45, 2.75) is 45.1 Å². The number of carbonyl (C=O) groups excluding carboxylic acids is 1. The highest BCUT2D eigenvalue weighted by Gasteiger charge is 2.20. The fourth-order valence-corrected chi connectivity index (χ4v) is 3.92. The number of anilines is 2. The minimum Gasteiger partial charge on any atom is -0.491 e. The third kappa shape index (κ3) is 5.30. The van der Waals surface area contributed by atoms with Gasteiger partial charge in [-0.25, -0.2) is 9.78 Å². The molecule has 1 atom stereocenters. The summed E-state index contributed by atoms with van der Waals surface area (Å²) in [7, 11) is 0. The number of benzene rings is 2. The van der Waals surface area contributed by atoms with Crippen LogP contribution in [0.25, 0.3) is 16.7 Å². The Kier molecular flexibility index (Phi) is 6.17. The third-order valence-electron chi connectivity index (χ3n) is 5.87. The summed E-state index contributed by atoms with van der Waals surface area (Å²) in [5.74, 6) is 1.85. The first-order valence-electron chi connectivity index (χ1n) is 11.7. The van der Waals surface area contributed by atoms with E-state index in [1.54, 1.807) is 12.4 Å². The molecule has 182 valence electrons. The maximum Gasteiger partial charge on any atom is 0.324 e. The number of imidazole rings is 1. The van der Waals surface area contributed by atoms with Crippen molar-refractivity contribution in [2.75, 3.05) is 23.8 Å². The van der Waals surface area contributed by atoms with Gasteiger partial charge in [0, 0.05) is 35.5 Å². The molecule has 0 radical (unpaired) electrons. The van der Waals surface area contributed by atoms with Gasteiger partial charge in [-0.2, -0.15) is 0 Å². The monoisotopic (exact) mass is 475 g/mol. The highest BCUT2D eigenvalue weighted by Crippen LogP contribution is 2.26. The average Bonchev–Trinajstić information content (AvgIpc) is 3.58. The van der Waals surface area contributed by atoms with Crippen LogP contribution in [0.15, 0.2) is 59.4 Å². The Balaban J connectivity index is 1.22. The van der Waals surface area contributed by atoms with Crippen molar-refractivity contribution < 1.29 is 18.8 Å². The third-order valence-corrected chi connectivity index (χ3v) is 5.87. The summed E-state index contributed by atoms with van der Waals surface area (Å²) < 4.78 is 18.8. The molecule has 0 spiro atoms. The highest BCUT2D eigenvalue weighted by molar-refractivity contribution is 5.99. The minimum atomic E-state index is -0.393. The number of hydrogen-bond acceptors (Lipinski definition) is 6. The van der Waals surface area contributed by atoms with Crippen LogP contribution < -0.4 is 15.4 Å². The molecule has 35 heavy (non-hydrogen) atoms. The maximum absolute atomic E-state index is 12.4.